The summed E-state index contributed by atoms with van der Waals surface area (Å²) in [5, 5.41) is 2.67. The molecule has 0 bridgehead atoms. The third kappa shape index (κ3) is 2.21. The standard InChI is InChI=1S/C13H14.Li/c1-10(2)12-8-7-11-5-3-4-6-13(11)9-12;/h3-10H,1-2H3;. The minimum atomic E-state index is 0. The molecule has 0 N–H and O–H groups in total. The first kappa shape index (κ1) is 11.4. The van der Waals surface area contributed by atoms with Crippen molar-refractivity contribution in [2.45, 2.75) is 19.8 Å². The van der Waals surface area contributed by atoms with Crippen LogP contribution < -0.4 is 0 Å². The molecule has 2 aromatic rings. The Morgan fingerprint density at radius 1 is 0.857 bits per heavy atom. The molecule has 1 radical (unpaired) electrons. The van der Waals surface area contributed by atoms with Gasteiger partial charge in [-0.2, -0.15) is 0 Å². The van der Waals surface area contributed by atoms with Crippen molar-refractivity contribution < 1.29 is 0 Å². The van der Waals surface area contributed by atoms with Gasteiger partial charge in [0.2, 0.25) is 0 Å². The number of hydrogen-bond donors (Lipinski definition) is 0. The van der Waals surface area contributed by atoms with E-state index in [1.807, 2.05) is 0 Å². The minimum Gasteiger partial charge on any atom is -0.0616 e. The van der Waals surface area contributed by atoms with E-state index < -0.39 is 0 Å². The van der Waals surface area contributed by atoms with Gasteiger partial charge in [0.1, 0.15) is 0 Å². The Balaban J connectivity index is 0.000000980. The predicted octanol–water partition coefficient (Wildman–Crippen LogP) is 3.58. The molecule has 0 nitrogen and oxygen atoms in total. The molecule has 0 heterocycles. The van der Waals surface area contributed by atoms with Crippen LogP contribution in [-0.2, 0) is 0 Å². The molecule has 0 saturated heterocycles. The van der Waals surface area contributed by atoms with Crippen molar-refractivity contribution in [2.75, 3.05) is 0 Å². The zero-order valence-electron chi connectivity index (χ0n) is 9.12. The topological polar surface area (TPSA) is 0 Å². The van der Waals surface area contributed by atoms with Gasteiger partial charge >= 0.3 is 0 Å². The van der Waals surface area contributed by atoms with Gasteiger partial charge in [0.05, 0.1) is 0 Å². The van der Waals surface area contributed by atoms with Crippen molar-refractivity contribution in [1.82, 2.24) is 0 Å². The van der Waals surface area contributed by atoms with Crippen molar-refractivity contribution in [3.8, 4) is 0 Å². The third-order valence-electron chi connectivity index (χ3n) is 2.44. The zero-order chi connectivity index (χ0) is 9.26. The van der Waals surface area contributed by atoms with E-state index in [2.05, 4.69) is 56.3 Å². The monoisotopic (exact) mass is 177 g/mol. The molecule has 2 aromatic carbocycles. The molecule has 0 amide bonds. The van der Waals surface area contributed by atoms with E-state index in [1.165, 1.54) is 16.3 Å². The van der Waals surface area contributed by atoms with Gasteiger partial charge in [-0.3, -0.25) is 0 Å². The molecule has 0 aliphatic carbocycles. The van der Waals surface area contributed by atoms with Gasteiger partial charge in [-0.25, -0.2) is 0 Å². The first-order valence-electron chi connectivity index (χ1n) is 4.76. The number of benzene rings is 2. The van der Waals surface area contributed by atoms with Crippen molar-refractivity contribution in [1.29, 1.82) is 0 Å². The molecule has 0 unspecified atom stereocenters. The van der Waals surface area contributed by atoms with Crippen LogP contribution in [0.15, 0.2) is 42.5 Å². The summed E-state index contributed by atoms with van der Waals surface area (Å²) in [4.78, 5) is 0. The van der Waals surface area contributed by atoms with Crippen LogP contribution in [0.4, 0.5) is 0 Å². The summed E-state index contributed by atoms with van der Waals surface area (Å²) < 4.78 is 0. The second kappa shape index (κ2) is 4.69. The molecule has 14 heavy (non-hydrogen) atoms. The van der Waals surface area contributed by atoms with E-state index in [-0.39, 0.29) is 18.9 Å². The van der Waals surface area contributed by atoms with Gasteiger partial charge in [-0.15, -0.1) is 0 Å². The number of rotatable bonds is 1. The van der Waals surface area contributed by atoms with Gasteiger partial charge < -0.3 is 0 Å². The largest absolute Gasteiger partial charge is 0.0616 e. The predicted molar refractivity (Wildman–Crippen MR) is 63.8 cm³/mol. The molecule has 0 atom stereocenters. The third-order valence-corrected chi connectivity index (χ3v) is 2.44. The van der Waals surface area contributed by atoms with Crippen LogP contribution in [0.1, 0.15) is 25.3 Å². The van der Waals surface area contributed by atoms with Crippen LogP contribution in [0, 0.1) is 0 Å². The maximum absolute atomic E-state index is 2.28. The summed E-state index contributed by atoms with van der Waals surface area (Å²) in [6, 6.07) is 15.2. The smallest absolute Gasteiger partial charge is 0 e. The van der Waals surface area contributed by atoms with Gasteiger partial charge in [0, 0.05) is 18.9 Å². The zero-order valence-corrected chi connectivity index (χ0v) is 9.12. The van der Waals surface area contributed by atoms with Gasteiger partial charge in [0.25, 0.3) is 0 Å². The van der Waals surface area contributed by atoms with E-state index in [0.717, 1.165) is 0 Å². The Kier molecular flexibility index (Phi) is 3.81. The maximum Gasteiger partial charge on any atom is 0 e. The second-order valence-corrected chi connectivity index (χ2v) is 3.76. The number of fused-ring (bicyclic) bond motifs is 1. The van der Waals surface area contributed by atoms with Crippen molar-refractivity contribution in [3.63, 3.8) is 0 Å². The Morgan fingerprint density at radius 3 is 2.14 bits per heavy atom. The molecule has 0 aliphatic rings. The molecule has 1 heteroatoms. The van der Waals surface area contributed by atoms with Crippen molar-refractivity contribution in [3.05, 3.63) is 48.0 Å². The molecule has 67 valence electrons. The Morgan fingerprint density at radius 2 is 1.50 bits per heavy atom. The first-order valence-corrected chi connectivity index (χ1v) is 4.76. The molecule has 2 rings (SSSR count). The molecule has 0 aromatic heterocycles. The summed E-state index contributed by atoms with van der Waals surface area (Å²) in [5.41, 5.74) is 1.42. The van der Waals surface area contributed by atoms with Crippen LogP contribution in [0.3, 0.4) is 0 Å². The second-order valence-electron chi connectivity index (χ2n) is 3.76. The van der Waals surface area contributed by atoms with E-state index >= 15 is 0 Å². The SMILES string of the molecule is CC(C)c1ccc2ccccc2c1.[Li]. The average molecular weight is 177 g/mol. The molecule has 0 saturated carbocycles. The summed E-state index contributed by atoms with van der Waals surface area (Å²) in [6.45, 7) is 4.45. The Bertz CT molecular complexity index is 418. The first-order chi connectivity index (χ1) is 6.27. The fraction of sp³-hybridized carbons (Fsp3) is 0.231. The van der Waals surface area contributed by atoms with Crippen molar-refractivity contribution >= 4 is 29.6 Å². The van der Waals surface area contributed by atoms with Crippen molar-refractivity contribution in [2.24, 2.45) is 0 Å². The van der Waals surface area contributed by atoms with E-state index in [9.17, 15) is 0 Å². The molecule has 0 fully saturated rings. The average Bonchev–Trinajstić information content (AvgIpc) is 2.17. The van der Waals surface area contributed by atoms with Gasteiger partial charge in [0.15, 0.2) is 0 Å². The summed E-state index contributed by atoms with van der Waals surface area (Å²) in [6.07, 6.45) is 0. The van der Waals surface area contributed by atoms with Crippen LogP contribution in [0.5, 0.6) is 0 Å². The Hall–Kier alpha value is -0.703. The van der Waals surface area contributed by atoms with Gasteiger partial charge in [-0.1, -0.05) is 56.3 Å². The van der Waals surface area contributed by atoms with E-state index in [4.69, 9.17) is 0 Å². The molecule has 0 aliphatic heterocycles. The summed E-state index contributed by atoms with van der Waals surface area (Å²) >= 11 is 0. The molecule has 0 spiro atoms. The molecular formula is C13H14Li. The van der Waals surface area contributed by atoms with E-state index in [1.54, 1.807) is 0 Å². The van der Waals surface area contributed by atoms with Crippen LogP contribution in [0.25, 0.3) is 10.8 Å². The summed E-state index contributed by atoms with van der Waals surface area (Å²) in [7, 11) is 0. The number of hydrogen-bond acceptors (Lipinski definition) is 0. The van der Waals surface area contributed by atoms with Crippen LogP contribution in [-0.4, -0.2) is 18.9 Å². The van der Waals surface area contributed by atoms with Gasteiger partial charge in [-0.05, 0) is 22.3 Å². The van der Waals surface area contributed by atoms with E-state index in [0.29, 0.717) is 5.92 Å². The molecular weight excluding hydrogens is 163 g/mol. The fourth-order valence-electron chi connectivity index (χ4n) is 1.57. The Labute approximate surface area is 97.5 Å². The minimum absolute atomic E-state index is 0. The fourth-order valence-corrected chi connectivity index (χ4v) is 1.57. The maximum atomic E-state index is 2.28. The van der Waals surface area contributed by atoms with Crippen LogP contribution in [0.2, 0.25) is 0 Å². The quantitative estimate of drug-likeness (QED) is 0.584. The normalized spacial score (nSPS) is 10.2. The summed E-state index contributed by atoms with van der Waals surface area (Å²) in [5.74, 6) is 0.615. The van der Waals surface area contributed by atoms with Crippen LogP contribution >= 0.6 is 0 Å².